The van der Waals surface area contributed by atoms with Crippen molar-refractivity contribution >= 4 is 11.8 Å². The number of para-hydroxylation sites is 1. The minimum atomic E-state index is -1.06. The quantitative estimate of drug-likeness (QED) is 0.660. The van der Waals surface area contributed by atoms with E-state index < -0.39 is 11.0 Å². The highest BCUT2D eigenvalue weighted by atomic mass is 16.6. The molecule has 0 aromatic heterocycles. The van der Waals surface area contributed by atoms with Crippen LogP contribution in [0, 0.1) is 15.5 Å². The molecule has 1 aromatic rings. The number of rotatable bonds is 3. The largest absolute Gasteiger partial charge is 0.410 e. The number of benzene rings is 1. The number of hydrogen-bond acceptors (Lipinski definition) is 4. The Morgan fingerprint density at radius 2 is 2.06 bits per heavy atom. The molecule has 6 heteroatoms. The Balaban J connectivity index is 3.26. The summed E-state index contributed by atoms with van der Waals surface area (Å²) in [5, 5.41) is 11.1. The van der Waals surface area contributed by atoms with Crippen LogP contribution in [-0.4, -0.2) is 11.0 Å². The number of nitro benzene ring substituents is 1. The van der Waals surface area contributed by atoms with Gasteiger partial charge in [0.2, 0.25) is 5.75 Å². The van der Waals surface area contributed by atoms with E-state index in [0.29, 0.717) is 12.0 Å². The molecule has 2 N–H and O–H groups in total. The van der Waals surface area contributed by atoms with Gasteiger partial charge in [0, 0.05) is 5.56 Å². The number of nitrogens with zero attached hydrogens (tertiary/aromatic N) is 1. The predicted molar refractivity (Wildman–Crippen MR) is 66.5 cm³/mol. The van der Waals surface area contributed by atoms with Gasteiger partial charge in [-0.15, -0.1) is 0 Å². The third-order valence-corrected chi connectivity index (χ3v) is 2.20. The van der Waals surface area contributed by atoms with E-state index in [1.54, 1.807) is 12.1 Å². The van der Waals surface area contributed by atoms with Crippen molar-refractivity contribution in [3.8, 4) is 5.75 Å². The van der Waals surface area contributed by atoms with Crippen LogP contribution < -0.4 is 10.5 Å². The molecule has 1 amide bonds. The number of hydrogen-bond donors (Lipinski definition) is 1. The monoisotopic (exact) mass is 252 g/mol. The van der Waals surface area contributed by atoms with Gasteiger partial charge in [0.1, 0.15) is 0 Å². The molecule has 0 unspecified atom stereocenters. The van der Waals surface area contributed by atoms with Gasteiger partial charge < -0.3 is 10.5 Å². The molecular weight excluding hydrogens is 236 g/mol. The maximum absolute atomic E-state index is 11.1. The van der Waals surface area contributed by atoms with Gasteiger partial charge in [0.25, 0.3) is 0 Å². The Kier molecular flexibility index (Phi) is 3.90. The van der Waals surface area contributed by atoms with Crippen molar-refractivity contribution in [2.75, 3.05) is 0 Å². The van der Waals surface area contributed by atoms with Gasteiger partial charge in [0.05, 0.1) is 4.92 Å². The number of primary amides is 1. The summed E-state index contributed by atoms with van der Waals surface area (Å²) in [6, 6.07) is 4.61. The smallest absolute Gasteiger partial charge is 0.403 e. The first-order chi connectivity index (χ1) is 8.20. The Morgan fingerprint density at radius 3 is 2.50 bits per heavy atom. The van der Waals surface area contributed by atoms with Gasteiger partial charge in [-0.3, -0.25) is 10.1 Å². The second-order valence-corrected chi connectivity index (χ2v) is 5.18. The standard InChI is InChI=1S/C12H16N2O4/c1-12(2,3)7-8-5-4-6-9(18-11(13)15)10(8)14(16)17/h4-6H,7H2,1-3H3,(H2,13,15). The lowest BCUT2D eigenvalue weighted by Crippen LogP contribution is -2.18. The zero-order valence-corrected chi connectivity index (χ0v) is 10.6. The first-order valence-corrected chi connectivity index (χ1v) is 5.44. The van der Waals surface area contributed by atoms with E-state index >= 15 is 0 Å². The van der Waals surface area contributed by atoms with Crippen LogP contribution in [0.4, 0.5) is 10.5 Å². The second kappa shape index (κ2) is 5.03. The van der Waals surface area contributed by atoms with Crippen LogP contribution in [0.15, 0.2) is 18.2 Å². The molecule has 0 aliphatic heterocycles. The summed E-state index contributed by atoms with van der Waals surface area (Å²) in [5.41, 5.74) is 5.09. The number of nitro groups is 1. The lowest BCUT2D eigenvalue weighted by Gasteiger charge is -2.18. The molecule has 0 spiro atoms. The lowest BCUT2D eigenvalue weighted by molar-refractivity contribution is -0.386. The summed E-state index contributed by atoms with van der Waals surface area (Å²) < 4.78 is 4.66. The number of carbonyl (C=O) groups is 1. The maximum atomic E-state index is 11.1. The van der Waals surface area contributed by atoms with Gasteiger partial charge >= 0.3 is 11.8 Å². The fourth-order valence-electron chi connectivity index (χ4n) is 1.68. The van der Waals surface area contributed by atoms with Crippen LogP contribution in [0.5, 0.6) is 5.75 Å². The van der Waals surface area contributed by atoms with Crippen molar-refractivity contribution in [2.24, 2.45) is 11.1 Å². The fraction of sp³-hybridized carbons (Fsp3) is 0.417. The molecule has 98 valence electrons. The number of nitrogens with two attached hydrogens (primary N) is 1. The number of amides is 1. The summed E-state index contributed by atoms with van der Waals surface area (Å²) in [6.45, 7) is 5.91. The summed E-state index contributed by atoms with van der Waals surface area (Å²) in [4.78, 5) is 21.2. The molecule has 18 heavy (non-hydrogen) atoms. The van der Waals surface area contributed by atoms with E-state index in [4.69, 9.17) is 5.73 Å². The molecule has 0 aliphatic rings. The summed E-state index contributed by atoms with van der Waals surface area (Å²) in [6.07, 6.45) is -0.565. The Hall–Kier alpha value is -2.11. The van der Waals surface area contributed by atoms with Crippen molar-refractivity contribution in [1.29, 1.82) is 0 Å². The highest BCUT2D eigenvalue weighted by Gasteiger charge is 2.25. The van der Waals surface area contributed by atoms with Gasteiger partial charge in [-0.1, -0.05) is 32.9 Å². The number of carbonyl (C=O) groups excluding carboxylic acids is 1. The van der Waals surface area contributed by atoms with E-state index in [9.17, 15) is 14.9 Å². The Labute approximate surface area is 105 Å². The summed E-state index contributed by atoms with van der Waals surface area (Å²) in [7, 11) is 0. The van der Waals surface area contributed by atoms with E-state index in [0.717, 1.165) is 0 Å². The van der Waals surface area contributed by atoms with Gasteiger partial charge in [-0.2, -0.15) is 0 Å². The Morgan fingerprint density at radius 1 is 1.44 bits per heavy atom. The van der Waals surface area contributed by atoms with Gasteiger partial charge in [-0.25, -0.2) is 4.79 Å². The van der Waals surface area contributed by atoms with Crippen LogP contribution >= 0.6 is 0 Å². The van der Waals surface area contributed by atoms with Gasteiger partial charge in [-0.05, 0) is 17.9 Å². The van der Waals surface area contributed by atoms with Crippen molar-refractivity contribution in [2.45, 2.75) is 27.2 Å². The first-order valence-electron chi connectivity index (χ1n) is 5.44. The molecule has 0 saturated carbocycles. The molecule has 0 bridgehead atoms. The molecule has 1 aromatic carbocycles. The highest BCUT2D eigenvalue weighted by Crippen LogP contribution is 2.34. The molecule has 0 atom stereocenters. The van der Waals surface area contributed by atoms with Gasteiger partial charge in [0.15, 0.2) is 0 Å². The molecule has 0 radical (unpaired) electrons. The van der Waals surface area contributed by atoms with E-state index in [-0.39, 0.29) is 16.9 Å². The maximum Gasteiger partial charge on any atom is 0.410 e. The van der Waals surface area contributed by atoms with Crippen LogP contribution in [0.1, 0.15) is 26.3 Å². The van der Waals surface area contributed by atoms with E-state index in [1.165, 1.54) is 6.07 Å². The summed E-state index contributed by atoms with van der Waals surface area (Å²) >= 11 is 0. The molecule has 0 fully saturated rings. The topological polar surface area (TPSA) is 95.5 Å². The van der Waals surface area contributed by atoms with Crippen molar-refractivity contribution in [1.82, 2.24) is 0 Å². The highest BCUT2D eigenvalue weighted by molar-refractivity contribution is 5.70. The zero-order chi connectivity index (χ0) is 13.9. The van der Waals surface area contributed by atoms with Crippen LogP contribution in [0.25, 0.3) is 0 Å². The predicted octanol–water partition coefficient (Wildman–Crippen LogP) is 2.64. The van der Waals surface area contributed by atoms with E-state index in [1.807, 2.05) is 20.8 Å². The third kappa shape index (κ3) is 3.73. The zero-order valence-electron chi connectivity index (χ0n) is 10.6. The molecule has 0 aliphatic carbocycles. The van der Waals surface area contributed by atoms with Crippen LogP contribution in [0.2, 0.25) is 0 Å². The minimum Gasteiger partial charge on any atom is -0.403 e. The minimum absolute atomic E-state index is 0.115. The molecule has 0 saturated heterocycles. The van der Waals surface area contributed by atoms with Crippen molar-refractivity contribution in [3.63, 3.8) is 0 Å². The first kappa shape index (κ1) is 14.0. The summed E-state index contributed by atoms with van der Waals surface area (Å²) in [5.74, 6) is -0.116. The van der Waals surface area contributed by atoms with E-state index in [2.05, 4.69) is 4.74 Å². The number of ether oxygens (including phenoxy) is 1. The second-order valence-electron chi connectivity index (χ2n) is 5.18. The third-order valence-electron chi connectivity index (χ3n) is 2.20. The Bertz CT molecular complexity index is 477. The molecule has 0 heterocycles. The van der Waals surface area contributed by atoms with Crippen LogP contribution in [-0.2, 0) is 6.42 Å². The molecule has 1 rings (SSSR count). The average Bonchev–Trinajstić information content (AvgIpc) is 2.13. The van der Waals surface area contributed by atoms with Crippen molar-refractivity contribution in [3.05, 3.63) is 33.9 Å². The fourth-order valence-corrected chi connectivity index (χ4v) is 1.68. The molecular formula is C12H16N2O4. The average molecular weight is 252 g/mol. The lowest BCUT2D eigenvalue weighted by atomic mass is 9.87. The van der Waals surface area contributed by atoms with Crippen LogP contribution in [0.3, 0.4) is 0 Å². The SMILES string of the molecule is CC(C)(C)Cc1cccc(OC(N)=O)c1[N+](=O)[O-]. The normalized spacial score (nSPS) is 11.1. The van der Waals surface area contributed by atoms with Crippen molar-refractivity contribution < 1.29 is 14.5 Å². The molecule has 6 nitrogen and oxygen atoms in total.